The number of nitrogens with two attached hydrogens (primary N) is 1. The molecule has 0 bridgehead atoms. The van der Waals surface area contributed by atoms with Crippen LogP contribution < -0.4 is 15.2 Å². The number of esters is 2. The molecule has 1 atom stereocenters. The molecule has 6 heteroatoms. The molecule has 1 unspecified atom stereocenters. The molecule has 2 N–H and O–H groups in total. The minimum atomic E-state index is -0.724. The van der Waals surface area contributed by atoms with Crippen molar-refractivity contribution in [1.29, 1.82) is 0 Å². The normalized spacial score (nSPS) is 12.2. The van der Waals surface area contributed by atoms with Gasteiger partial charge in [0.15, 0.2) is 17.3 Å². The lowest BCUT2D eigenvalue weighted by Gasteiger charge is -2.25. The largest absolute Gasteiger partial charge is 0.423 e. The SMILES string of the molecule is CCCCCCCCCCCCCCCCCCCCCC(=O)Oc1ccc(C(=O)C(N)C(C)(C)C)cc1OC(=O)CCCCCCCCCCCCCCCCCCCCC. The van der Waals surface area contributed by atoms with Crippen LogP contribution in [0.5, 0.6) is 11.5 Å². The van der Waals surface area contributed by atoms with Crippen molar-refractivity contribution in [2.45, 2.75) is 297 Å². The second-order valence-electron chi connectivity index (χ2n) is 20.0. The first-order valence-electron chi connectivity index (χ1n) is 26.9. The molecule has 62 heavy (non-hydrogen) atoms. The van der Waals surface area contributed by atoms with Gasteiger partial charge in [-0.1, -0.05) is 266 Å². The molecule has 0 spiro atoms. The summed E-state index contributed by atoms with van der Waals surface area (Å²) in [5, 5.41) is 0. The van der Waals surface area contributed by atoms with Crippen LogP contribution >= 0.6 is 0 Å². The van der Waals surface area contributed by atoms with E-state index in [2.05, 4.69) is 13.8 Å². The molecule has 0 aromatic heterocycles. The standard InChI is InChI=1S/C56H101NO5/c1-6-8-10-12-14-16-18-20-22-24-26-28-30-32-34-36-38-40-42-44-52(58)61-50-47-46-49(54(60)55(57)56(3,4)5)48-51(50)62-53(59)45-43-41-39-37-35-33-31-29-27-25-23-21-19-17-15-13-11-9-7-2/h46-48,55H,6-45,57H2,1-5H3. The Morgan fingerprint density at radius 3 is 0.952 bits per heavy atom. The van der Waals surface area contributed by atoms with E-state index in [9.17, 15) is 14.4 Å². The predicted octanol–water partition coefficient (Wildman–Crippen LogP) is 17.7. The maximum Gasteiger partial charge on any atom is 0.311 e. The van der Waals surface area contributed by atoms with E-state index >= 15 is 0 Å². The third-order valence-electron chi connectivity index (χ3n) is 12.9. The van der Waals surface area contributed by atoms with E-state index in [0.717, 1.165) is 38.5 Å². The highest BCUT2D eigenvalue weighted by Gasteiger charge is 2.29. The first-order chi connectivity index (χ1) is 30.1. The number of rotatable bonds is 44. The highest BCUT2D eigenvalue weighted by atomic mass is 16.6. The summed E-state index contributed by atoms with van der Waals surface area (Å²) < 4.78 is 11.5. The number of hydrogen-bond donors (Lipinski definition) is 1. The Morgan fingerprint density at radius 2 is 0.677 bits per heavy atom. The van der Waals surface area contributed by atoms with Crippen LogP contribution in [0.15, 0.2) is 18.2 Å². The van der Waals surface area contributed by atoms with Gasteiger partial charge in [0, 0.05) is 18.4 Å². The van der Waals surface area contributed by atoms with Crippen molar-refractivity contribution in [1.82, 2.24) is 0 Å². The van der Waals surface area contributed by atoms with Crippen LogP contribution in [0, 0.1) is 5.41 Å². The van der Waals surface area contributed by atoms with E-state index in [1.807, 2.05) is 20.8 Å². The average Bonchev–Trinajstić information content (AvgIpc) is 3.25. The molecule has 0 radical (unpaired) electrons. The number of ketones is 1. The van der Waals surface area contributed by atoms with Crippen molar-refractivity contribution >= 4 is 17.7 Å². The number of hydrogen-bond acceptors (Lipinski definition) is 6. The number of carbonyl (C=O) groups excluding carboxylic acids is 3. The van der Waals surface area contributed by atoms with Crippen LogP contribution in [0.25, 0.3) is 0 Å². The zero-order valence-corrected chi connectivity index (χ0v) is 41.7. The van der Waals surface area contributed by atoms with Gasteiger partial charge in [-0.3, -0.25) is 14.4 Å². The summed E-state index contributed by atoms with van der Waals surface area (Å²) in [4.78, 5) is 39.1. The van der Waals surface area contributed by atoms with Crippen molar-refractivity contribution in [3.05, 3.63) is 23.8 Å². The first kappa shape index (κ1) is 57.8. The Balaban J connectivity index is 2.29. The minimum Gasteiger partial charge on any atom is -0.423 e. The van der Waals surface area contributed by atoms with Gasteiger partial charge < -0.3 is 15.2 Å². The zero-order chi connectivity index (χ0) is 45.4. The van der Waals surface area contributed by atoms with E-state index in [1.54, 1.807) is 12.1 Å². The molecular formula is C56H101NO5. The van der Waals surface area contributed by atoms with Crippen molar-refractivity contribution in [2.24, 2.45) is 11.1 Å². The van der Waals surface area contributed by atoms with Crippen LogP contribution in [0.2, 0.25) is 0 Å². The number of Topliss-reactive ketones (excluding diaryl/α,β-unsaturated/α-hetero) is 1. The van der Waals surface area contributed by atoms with E-state index in [4.69, 9.17) is 15.2 Å². The molecule has 1 rings (SSSR count). The molecule has 0 heterocycles. The molecule has 360 valence electrons. The van der Waals surface area contributed by atoms with Crippen LogP contribution in [0.4, 0.5) is 0 Å². The fraction of sp³-hybridized carbons (Fsp3) is 0.839. The second-order valence-corrected chi connectivity index (χ2v) is 20.0. The minimum absolute atomic E-state index is 0.112. The molecule has 0 aliphatic heterocycles. The summed E-state index contributed by atoms with van der Waals surface area (Å²) in [6.45, 7) is 10.3. The zero-order valence-electron chi connectivity index (χ0n) is 41.7. The molecule has 0 aliphatic rings. The van der Waals surface area contributed by atoms with Crippen molar-refractivity contribution in [3.63, 3.8) is 0 Å². The number of benzene rings is 1. The summed E-state index contributed by atoms with van der Waals surface area (Å²) in [5.74, 6) is -0.673. The number of unbranched alkanes of at least 4 members (excludes halogenated alkanes) is 36. The Kier molecular flexibility index (Phi) is 37.6. The van der Waals surface area contributed by atoms with Gasteiger partial charge in [-0.2, -0.15) is 0 Å². The van der Waals surface area contributed by atoms with Gasteiger partial charge in [0.05, 0.1) is 6.04 Å². The van der Waals surface area contributed by atoms with Crippen LogP contribution in [0.3, 0.4) is 0 Å². The van der Waals surface area contributed by atoms with Gasteiger partial charge in [0.1, 0.15) is 0 Å². The average molecular weight is 868 g/mol. The van der Waals surface area contributed by atoms with Crippen molar-refractivity contribution in [2.75, 3.05) is 0 Å². The maximum atomic E-state index is 13.2. The Labute approximate surface area is 384 Å². The summed E-state index contributed by atoms with van der Waals surface area (Å²) in [7, 11) is 0. The molecule has 0 fully saturated rings. The molecule has 0 aliphatic carbocycles. The van der Waals surface area contributed by atoms with Gasteiger partial charge in [-0.15, -0.1) is 0 Å². The summed E-state index contributed by atoms with van der Waals surface area (Å²) in [5.41, 5.74) is 6.21. The molecule has 0 saturated carbocycles. The van der Waals surface area contributed by atoms with Gasteiger partial charge in [0.25, 0.3) is 0 Å². The lowest BCUT2D eigenvalue weighted by atomic mass is 9.83. The Hall–Kier alpha value is -2.21. The topological polar surface area (TPSA) is 95.7 Å². The fourth-order valence-corrected chi connectivity index (χ4v) is 8.44. The smallest absolute Gasteiger partial charge is 0.311 e. The molecular weight excluding hydrogens is 767 g/mol. The second kappa shape index (κ2) is 40.3. The molecule has 1 aromatic carbocycles. The monoisotopic (exact) mass is 868 g/mol. The van der Waals surface area contributed by atoms with E-state index in [1.165, 1.54) is 212 Å². The highest BCUT2D eigenvalue weighted by Crippen LogP contribution is 2.32. The number of ether oxygens (including phenoxy) is 2. The van der Waals surface area contributed by atoms with Crippen LogP contribution in [0.1, 0.15) is 302 Å². The quantitative estimate of drug-likeness (QED) is 0.0304. The maximum absolute atomic E-state index is 13.2. The predicted molar refractivity (Wildman–Crippen MR) is 266 cm³/mol. The van der Waals surface area contributed by atoms with Crippen LogP contribution in [-0.4, -0.2) is 23.8 Å². The van der Waals surface area contributed by atoms with Gasteiger partial charge in [0.2, 0.25) is 0 Å². The lowest BCUT2D eigenvalue weighted by Crippen LogP contribution is -2.42. The molecule has 0 saturated heterocycles. The lowest BCUT2D eigenvalue weighted by molar-refractivity contribution is -0.137. The van der Waals surface area contributed by atoms with E-state index < -0.39 is 11.5 Å². The Bertz CT molecular complexity index is 1220. The van der Waals surface area contributed by atoms with Gasteiger partial charge in [-0.05, 0) is 36.5 Å². The summed E-state index contributed by atoms with van der Waals surface area (Å²) in [6, 6.07) is 3.97. The number of carbonyl (C=O) groups is 3. The van der Waals surface area contributed by atoms with Gasteiger partial charge >= 0.3 is 11.9 Å². The van der Waals surface area contributed by atoms with E-state index in [-0.39, 0.29) is 35.6 Å². The van der Waals surface area contributed by atoms with Gasteiger partial charge in [-0.25, -0.2) is 0 Å². The molecule has 6 nitrogen and oxygen atoms in total. The summed E-state index contributed by atoms with van der Waals surface area (Å²) >= 11 is 0. The van der Waals surface area contributed by atoms with Crippen molar-refractivity contribution in [3.8, 4) is 11.5 Å². The van der Waals surface area contributed by atoms with Crippen molar-refractivity contribution < 1.29 is 23.9 Å². The first-order valence-corrected chi connectivity index (χ1v) is 26.9. The van der Waals surface area contributed by atoms with E-state index in [0.29, 0.717) is 12.0 Å². The van der Waals surface area contributed by atoms with Crippen LogP contribution in [-0.2, 0) is 9.59 Å². The Morgan fingerprint density at radius 1 is 0.419 bits per heavy atom. The fourth-order valence-electron chi connectivity index (χ4n) is 8.44. The molecule has 0 amide bonds. The highest BCUT2D eigenvalue weighted by molar-refractivity contribution is 6.01. The molecule has 1 aromatic rings. The third-order valence-corrected chi connectivity index (χ3v) is 12.9. The summed E-state index contributed by atoms with van der Waals surface area (Å²) in [6.07, 6.45) is 50.1. The third kappa shape index (κ3) is 33.3.